The molecule has 3 heterocycles. The molecule has 0 amide bonds. The van der Waals surface area contributed by atoms with E-state index in [4.69, 9.17) is 4.99 Å². The zero-order valence-corrected chi connectivity index (χ0v) is 15.4. The van der Waals surface area contributed by atoms with Gasteiger partial charge in [0.25, 0.3) is 0 Å². The molecule has 1 unspecified atom stereocenters. The van der Waals surface area contributed by atoms with E-state index in [-0.39, 0.29) is 6.04 Å². The molecule has 25 heavy (non-hydrogen) atoms. The summed E-state index contributed by atoms with van der Waals surface area (Å²) in [5.74, 6) is 0. The predicted molar refractivity (Wildman–Crippen MR) is 105 cm³/mol. The second kappa shape index (κ2) is 7.17. The van der Waals surface area contributed by atoms with Crippen molar-refractivity contribution in [2.75, 3.05) is 0 Å². The van der Waals surface area contributed by atoms with Crippen molar-refractivity contribution in [3.05, 3.63) is 88.1 Å². The number of thiophene rings is 1. The first-order chi connectivity index (χ1) is 12.3. The maximum atomic E-state index is 4.84. The fraction of sp³-hybridized carbons (Fsp3) is 0.100. The van der Waals surface area contributed by atoms with Crippen molar-refractivity contribution in [2.24, 2.45) is 4.99 Å². The third-order valence-electron chi connectivity index (χ3n) is 4.06. The number of rotatable bonds is 4. The largest absolute Gasteiger partial charge is 0.308 e. The van der Waals surface area contributed by atoms with Gasteiger partial charge in [0.15, 0.2) is 4.80 Å². The van der Waals surface area contributed by atoms with E-state index >= 15 is 0 Å². The molecule has 0 bridgehead atoms. The summed E-state index contributed by atoms with van der Waals surface area (Å²) < 4.78 is 2.32. The highest BCUT2D eigenvalue weighted by Crippen LogP contribution is 2.30. The van der Waals surface area contributed by atoms with Crippen LogP contribution in [0.2, 0.25) is 0 Å². The van der Waals surface area contributed by atoms with Gasteiger partial charge in [0.2, 0.25) is 0 Å². The quantitative estimate of drug-likeness (QED) is 0.470. The molecule has 0 radical (unpaired) electrons. The van der Waals surface area contributed by atoms with Crippen LogP contribution in [0.25, 0.3) is 10.6 Å². The van der Waals surface area contributed by atoms with E-state index in [0.717, 1.165) is 10.5 Å². The Kier molecular flexibility index (Phi) is 4.59. The molecule has 124 valence electrons. The first-order valence-electron chi connectivity index (χ1n) is 8.06. The van der Waals surface area contributed by atoms with Crippen molar-refractivity contribution in [2.45, 2.75) is 13.0 Å². The van der Waals surface area contributed by atoms with E-state index in [9.17, 15) is 0 Å². The number of nitrogens with zero attached hydrogens (tertiary/aromatic N) is 3. The van der Waals surface area contributed by atoms with E-state index < -0.39 is 0 Å². The minimum Gasteiger partial charge on any atom is -0.308 e. The molecular formula is C20H17N3S2. The lowest BCUT2D eigenvalue weighted by molar-refractivity contribution is 0.629. The Balaban J connectivity index is 1.90. The maximum absolute atomic E-state index is 4.84. The van der Waals surface area contributed by atoms with Gasteiger partial charge in [-0.25, -0.2) is 4.99 Å². The molecule has 1 atom stereocenters. The van der Waals surface area contributed by atoms with Crippen molar-refractivity contribution in [1.29, 1.82) is 0 Å². The number of pyridine rings is 1. The first-order valence-corrected chi connectivity index (χ1v) is 9.82. The van der Waals surface area contributed by atoms with Crippen molar-refractivity contribution >= 4 is 28.4 Å². The Bertz CT molecular complexity index is 1000. The summed E-state index contributed by atoms with van der Waals surface area (Å²) in [7, 11) is 0. The average Bonchev–Trinajstić information content (AvgIpc) is 3.32. The van der Waals surface area contributed by atoms with Gasteiger partial charge in [-0.1, -0.05) is 36.4 Å². The summed E-state index contributed by atoms with van der Waals surface area (Å²) in [6.45, 7) is 2.22. The highest BCUT2D eigenvalue weighted by Gasteiger charge is 2.16. The van der Waals surface area contributed by atoms with Gasteiger partial charge in [0, 0.05) is 11.6 Å². The van der Waals surface area contributed by atoms with Crippen LogP contribution in [0, 0.1) is 0 Å². The lowest BCUT2D eigenvalue weighted by atomic mass is 10.1. The third kappa shape index (κ3) is 3.34. The molecule has 0 N–H and O–H groups in total. The molecule has 0 saturated heterocycles. The zero-order chi connectivity index (χ0) is 17.1. The Morgan fingerprint density at radius 3 is 2.60 bits per heavy atom. The zero-order valence-electron chi connectivity index (χ0n) is 13.7. The van der Waals surface area contributed by atoms with E-state index in [1.165, 1.54) is 16.1 Å². The maximum Gasteiger partial charge on any atom is 0.191 e. The van der Waals surface area contributed by atoms with Gasteiger partial charge >= 0.3 is 0 Å². The van der Waals surface area contributed by atoms with E-state index in [1.807, 2.05) is 12.1 Å². The molecule has 3 aromatic heterocycles. The normalized spacial score (nSPS) is 13.1. The molecule has 3 nitrogen and oxygen atoms in total. The molecule has 0 saturated carbocycles. The topological polar surface area (TPSA) is 30.2 Å². The van der Waals surface area contributed by atoms with Crippen LogP contribution >= 0.6 is 22.7 Å². The molecule has 4 rings (SSSR count). The monoisotopic (exact) mass is 363 g/mol. The molecule has 0 aliphatic heterocycles. The minimum absolute atomic E-state index is 0.194. The Morgan fingerprint density at radius 1 is 1.00 bits per heavy atom. The number of hydrogen-bond acceptors (Lipinski definition) is 4. The van der Waals surface area contributed by atoms with Gasteiger partial charge in [-0.2, -0.15) is 0 Å². The molecule has 4 aromatic rings. The molecule has 0 fully saturated rings. The summed E-state index contributed by atoms with van der Waals surface area (Å²) in [6, 6.07) is 18.9. The number of aromatic nitrogens is 2. The summed E-state index contributed by atoms with van der Waals surface area (Å²) in [4.78, 5) is 11.3. The molecule has 1 aromatic carbocycles. The van der Waals surface area contributed by atoms with Crippen molar-refractivity contribution in [1.82, 2.24) is 9.55 Å². The standard InChI is InChI=1S/C20H17N3S2/c1-15(16-7-3-2-4-8-16)23-18(19-10-6-12-24-19)14-25-20(23)22-17-9-5-11-21-13-17/h2-15H,1H3. The number of thiazole rings is 1. The van der Waals surface area contributed by atoms with Crippen LogP contribution in [-0.4, -0.2) is 9.55 Å². The van der Waals surface area contributed by atoms with Crippen LogP contribution in [0.15, 0.2) is 82.7 Å². The van der Waals surface area contributed by atoms with E-state index in [0.29, 0.717) is 0 Å². The lowest BCUT2D eigenvalue weighted by Gasteiger charge is -2.17. The smallest absolute Gasteiger partial charge is 0.191 e. The second-order valence-electron chi connectivity index (χ2n) is 5.66. The van der Waals surface area contributed by atoms with E-state index in [1.54, 1.807) is 35.1 Å². The second-order valence-corrected chi connectivity index (χ2v) is 7.44. The molecule has 0 aliphatic carbocycles. The molecular weight excluding hydrogens is 346 g/mol. The number of benzene rings is 1. The van der Waals surface area contributed by atoms with Gasteiger partial charge < -0.3 is 4.57 Å². The molecule has 0 spiro atoms. The van der Waals surface area contributed by atoms with Gasteiger partial charge in [-0.05, 0) is 36.1 Å². The van der Waals surface area contributed by atoms with Gasteiger partial charge in [0.1, 0.15) is 0 Å². The van der Waals surface area contributed by atoms with E-state index in [2.05, 4.69) is 69.7 Å². The van der Waals surface area contributed by atoms with Gasteiger partial charge in [-0.3, -0.25) is 4.98 Å². The highest BCUT2D eigenvalue weighted by molar-refractivity contribution is 7.14. The van der Waals surface area contributed by atoms with Gasteiger partial charge in [0.05, 0.1) is 28.5 Å². The SMILES string of the molecule is CC(c1ccccc1)n1c(-c2cccs2)csc1=Nc1cccnc1. The van der Waals surface area contributed by atoms with Crippen LogP contribution in [-0.2, 0) is 0 Å². The average molecular weight is 364 g/mol. The Morgan fingerprint density at radius 2 is 1.88 bits per heavy atom. The number of hydrogen-bond donors (Lipinski definition) is 0. The molecule has 5 heteroatoms. The predicted octanol–water partition coefficient (Wildman–Crippen LogP) is 5.51. The third-order valence-corrected chi connectivity index (χ3v) is 5.79. The fourth-order valence-electron chi connectivity index (χ4n) is 2.79. The Hall–Kier alpha value is -2.50. The van der Waals surface area contributed by atoms with Crippen molar-refractivity contribution in [3.63, 3.8) is 0 Å². The van der Waals surface area contributed by atoms with Crippen molar-refractivity contribution in [3.8, 4) is 10.6 Å². The highest BCUT2D eigenvalue weighted by atomic mass is 32.1. The van der Waals surface area contributed by atoms with Crippen LogP contribution in [0.1, 0.15) is 18.5 Å². The summed E-state index contributed by atoms with van der Waals surface area (Å²) in [5, 5.41) is 4.31. The van der Waals surface area contributed by atoms with Gasteiger partial charge in [-0.15, -0.1) is 22.7 Å². The van der Waals surface area contributed by atoms with Crippen LogP contribution in [0.5, 0.6) is 0 Å². The van der Waals surface area contributed by atoms with Crippen LogP contribution < -0.4 is 4.80 Å². The van der Waals surface area contributed by atoms with Crippen molar-refractivity contribution < 1.29 is 0 Å². The minimum atomic E-state index is 0.194. The lowest BCUT2D eigenvalue weighted by Crippen LogP contribution is -2.20. The fourth-order valence-corrected chi connectivity index (χ4v) is 4.59. The first kappa shape index (κ1) is 16.0. The Labute approximate surface area is 154 Å². The molecule has 0 aliphatic rings. The summed E-state index contributed by atoms with van der Waals surface area (Å²) in [6.07, 6.45) is 3.56. The summed E-state index contributed by atoms with van der Waals surface area (Å²) in [5.41, 5.74) is 3.35. The van der Waals surface area contributed by atoms with Crippen LogP contribution in [0.4, 0.5) is 5.69 Å². The van der Waals surface area contributed by atoms with Crippen LogP contribution in [0.3, 0.4) is 0 Å². The summed E-state index contributed by atoms with van der Waals surface area (Å²) >= 11 is 3.42.